The Hall–Kier alpha value is -1.31. The monoisotopic (exact) mass is 228 g/mol. The lowest BCUT2D eigenvalue weighted by Gasteiger charge is -2.22. The minimum Gasteiger partial charge on any atom is -0.376 e. The van der Waals surface area contributed by atoms with Gasteiger partial charge in [0, 0.05) is 0 Å². The zero-order valence-electron chi connectivity index (χ0n) is 8.86. The van der Waals surface area contributed by atoms with Gasteiger partial charge in [0.1, 0.15) is 6.10 Å². The van der Waals surface area contributed by atoms with Crippen LogP contribution in [0.4, 0.5) is 10.2 Å². The quantitative estimate of drug-likeness (QED) is 0.559. The van der Waals surface area contributed by atoms with Crippen molar-refractivity contribution < 1.29 is 13.9 Å². The average molecular weight is 228 g/mol. The lowest BCUT2D eigenvalue weighted by Crippen LogP contribution is -2.25. The van der Waals surface area contributed by atoms with Crippen molar-refractivity contribution in [3.05, 3.63) is 17.3 Å². The second kappa shape index (κ2) is 4.69. The van der Waals surface area contributed by atoms with Crippen molar-refractivity contribution in [3.8, 4) is 0 Å². The highest BCUT2D eigenvalue weighted by molar-refractivity contribution is 5.36. The Bertz CT molecular complexity index is 382. The molecule has 6 nitrogen and oxygen atoms in total. The number of nitrogens with zero attached hydrogens (tertiary/aromatic N) is 2. The molecule has 16 heavy (non-hydrogen) atoms. The Morgan fingerprint density at radius 3 is 2.88 bits per heavy atom. The Kier molecular flexibility index (Phi) is 3.28. The van der Waals surface area contributed by atoms with Gasteiger partial charge in [-0.05, 0) is 6.92 Å². The maximum absolute atomic E-state index is 13.4. The number of hydrogen-bond donors (Lipinski definition) is 2. The molecule has 0 spiro atoms. The Balaban J connectivity index is 2.29. The smallest absolute Gasteiger partial charge is 0.187 e. The summed E-state index contributed by atoms with van der Waals surface area (Å²) in [6.45, 7) is 2.95. The Labute approximate surface area is 91.9 Å². The second-order valence-corrected chi connectivity index (χ2v) is 3.41. The number of hydrazine groups is 1. The fourth-order valence-corrected chi connectivity index (χ4v) is 1.46. The number of nitrogens with one attached hydrogen (secondary N) is 1. The van der Waals surface area contributed by atoms with Crippen molar-refractivity contribution in [3.63, 3.8) is 0 Å². The largest absolute Gasteiger partial charge is 0.376 e. The van der Waals surface area contributed by atoms with Gasteiger partial charge in [-0.3, -0.25) is 0 Å². The van der Waals surface area contributed by atoms with E-state index in [9.17, 15) is 4.39 Å². The maximum atomic E-state index is 13.4. The minimum atomic E-state index is -0.553. The number of aryl methyl sites for hydroxylation is 1. The van der Waals surface area contributed by atoms with Crippen LogP contribution in [-0.4, -0.2) is 29.8 Å². The van der Waals surface area contributed by atoms with Gasteiger partial charge in [-0.15, -0.1) is 0 Å². The summed E-state index contributed by atoms with van der Waals surface area (Å²) in [5, 5.41) is 0. The maximum Gasteiger partial charge on any atom is 0.187 e. The number of aromatic nitrogens is 2. The molecule has 1 saturated heterocycles. The van der Waals surface area contributed by atoms with Gasteiger partial charge >= 0.3 is 0 Å². The highest BCUT2D eigenvalue weighted by Crippen LogP contribution is 2.21. The van der Waals surface area contributed by atoms with Crippen LogP contribution in [0.15, 0.2) is 0 Å². The molecule has 0 aromatic carbocycles. The Morgan fingerprint density at radius 2 is 2.25 bits per heavy atom. The molecule has 0 radical (unpaired) electrons. The third-order valence-electron chi connectivity index (χ3n) is 2.27. The van der Waals surface area contributed by atoms with Gasteiger partial charge in [0.15, 0.2) is 17.5 Å². The molecule has 1 aliphatic rings. The summed E-state index contributed by atoms with van der Waals surface area (Å²) < 4.78 is 24.1. The van der Waals surface area contributed by atoms with Crippen molar-refractivity contribution >= 4 is 5.82 Å². The van der Waals surface area contributed by atoms with E-state index in [-0.39, 0.29) is 17.6 Å². The molecule has 0 saturated carbocycles. The van der Waals surface area contributed by atoms with Gasteiger partial charge in [0.05, 0.1) is 25.5 Å². The SMILES string of the molecule is Cc1nc(C2COCCO2)nc(NN)c1F. The van der Waals surface area contributed by atoms with Gasteiger partial charge in [-0.25, -0.2) is 20.2 Å². The fourth-order valence-electron chi connectivity index (χ4n) is 1.46. The number of rotatable bonds is 2. The summed E-state index contributed by atoms with van der Waals surface area (Å²) in [4.78, 5) is 7.97. The van der Waals surface area contributed by atoms with E-state index in [0.29, 0.717) is 25.6 Å². The van der Waals surface area contributed by atoms with E-state index in [1.807, 2.05) is 0 Å². The van der Waals surface area contributed by atoms with Gasteiger partial charge < -0.3 is 14.9 Å². The van der Waals surface area contributed by atoms with Crippen LogP contribution in [0.2, 0.25) is 0 Å². The first-order valence-corrected chi connectivity index (χ1v) is 4.92. The molecule has 2 heterocycles. The van der Waals surface area contributed by atoms with Crippen molar-refractivity contribution in [2.24, 2.45) is 5.84 Å². The van der Waals surface area contributed by atoms with Gasteiger partial charge in [-0.2, -0.15) is 0 Å². The van der Waals surface area contributed by atoms with E-state index < -0.39 is 5.82 Å². The molecule has 1 aliphatic heterocycles. The molecular weight excluding hydrogens is 215 g/mol. The number of hydrogen-bond acceptors (Lipinski definition) is 6. The van der Waals surface area contributed by atoms with Gasteiger partial charge in [0.25, 0.3) is 0 Å². The molecule has 0 aliphatic carbocycles. The summed E-state index contributed by atoms with van der Waals surface area (Å²) in [5.41, 5.74) is 2.42. The van der Waals surface area contributed by atoms with E-state index in [4.69, 9.17) is 15.3 Å². The number of nitrogen functional groups attached to an aromatic ring is 1. The van der Waals surface area contributed by atoms with Crippen molar-refractivity contribution in [1.29, 1.82) is 0 Å². The van der Waals surface area contributed by atoms with Crippen molar-refractivity contribution in [1.82, 2.24) is 9.97 Å². The molecule has 0 bridgehead atoms. The van der Waals surface area contributed by atoms with E-state index >= 15 is 0 Å². The highest BCUT2D eigenvalue weighted by atomic mass is 19.1. The van der Waals surface area contributed by atoms with Crippen LogP contribution >= 0.6 is 0 Å². The average Bonchev–Trinajstić information content (AvgIpc) is 2.33. The first kappa shape index (κ1) is 11.2. The molecule has 1 aromatic rings. The standard InChI is InChI=1S/C9H13FN4O2/c1-5-7(10)9(14-11)13-8(12-5)6-4-15-2-3-16-6/h6H,2-4,11H2,1H3,(H,12,13,14). The summed E-state index contributed by atoms with van der Waals surface area (Å²) >= 11 is 0. The van der Waals surface area contributed by atoms with Crippen LogP contribution in [0.3, 0.4) is 0 Å². The molecule has 1 aromatic heterocycles. The molecule has 1 fully saturated rings. The molecule has 1 unspecified atom stereocenters. The van der Waals surface area contributed by atoms with E-state index in [2.05, 4.69) is 15.4 Å². The van der Waals surface area contributed by atoms with Crippen LogP contribution in [0, 0.1) is 12.7 Å². The lowest BCUT2D eigenvalue weighted by atomic mass is 10.3. The highest BCUT2D eigenvalue weighted by Gasteiger charge is 2.22. The minimum absolute atomic E-state index is 0.0309. The topological polar surface area (TPSA) is 82.3 Å². The number of nitrogens with two attached hydrogens (primary N) is 1. The summed E-state index contributed by atoms with van der Waals surface area (Å²) in [6.07, 6.45) is -0.361. The fraction of sp³-hybridized carbons (Fsp3) is 0.556. The Morgan fingerprint density at radius 1 is 1.44 bits per heavy atom. The van der Waals surface area contributed by atoms with Gasteiger partial charge in [-0.1, -0.05) is 0 Å². The number of halogens is 1. The molecule has 2 rings (SSSR count). The van der Waals surface area contributed by atoms with Crippen molar-refractivity contribution in [2.75, 3.05) is 25.2 Å². The molecule has 0 amide bonds. The number of anilines is 1. The van der Waals surface area contributed by atoms with Gasteiger partial charge in [0.2, 0.25) is 0 Å². The molecule has 7 heteroatoms. The van der Waals surface area contributed by atoms with Crippen LogP contribution in [-0.2, 0) is 9.47 Å². The van der Waals surface area contributed by atoms with Crippen LogP contribution in [0.25, 0.3) is 0 Å². The van der Waals surface area contributed by atoms with E-state index in [0.717, 1.165) is 0 Å². The summed E-state index contributed by atoms with van der Waals surface area (Å²) in [5.74, 6) is 4.96. The van der Waals surface area contributed by atoms with Crippen LogP contribution < -0.4 is 11.3 Å². The third-order valence-corrected chi connectivity index (χ3v) is 2.27. The molecule has 3 N–H and O–H groups in total. The van der Waals surface area contributed by atoms with Crippen molar-refractivity contribution in [2.45, 2.75) is 13.0 Å². The summed E-state index contributed by atoms with van der Waals surface area (Å²) in [7, 11) is 0. The zero-order chi connectivity index (χ0) is 11.5. The molecule has 1 atom stereocenters. The third kappa shape index (κ3) is 2.11. The predicted molar refractivity (Wildman–Crippen MR) is 54.0 cm³/mol. The number of ether oxygens (including phenoxy) is 2. The molecular formula is C9H13FN4O2. The normalized spacial score (nSPS) is 20.8. The predicted octanol–water partition coefficient (Wildman–Crippen LogP) is 0.298. The lowest BCUT2D eigenvalue weighted by molar-refractivity contribution is -0.0935. The van der Waals surface area contributed by atoms with E-state index in [1.165, 1.54) is 0 Å². The first-order chi connectivity index (χ1) is 7.72. The zero-order valence-corrected chi connectivity index (χ0v) is 8.86. The summed E-state index contributed by atoms with van der Waals surface area (Å²) in [6, 6.07) is 0. The first-order valence-electron chi connectivity index (χ1n) is 4.92. The molecule has 88 valence electrons. The van der Waals surface area contributed by atoms with E-state index in [1.54, 1.807) is 6.92 Å². The van der Waals surface area contributed by atoms with Crippen LogP contribution in [0.5, 0.6) is 0 Å². The van der Waals surface area contributed by atoms with Crippen LogP contribution in [0.1, 0.15) is 17.6 Å². The second-order valence-electron chi connectivity index (χ2n) is 3.41.